The second-order valence-corrected chi connectivity index (χ2v) is 1.97. The molecule has 1 aromatic heterocycles. The number of nitrogens with zero attached hydrogens (tertiary/aromatic N) is 3. The Morgan fingerprint density at radius 1 is 1.85 bits per heavy atom. The van der Waals surface area contributed by atoms with Crippen molar-refractivity contribution in [3.8, 4) is 0 Å². The van der Waals surface area contributed by atoms with Crippen LogP contribution in [0.5, 0.6) is 0 Å². The Morgan fingerprint density at radius 3 is 3.08 bits per heavy atom. The fourth-order valence-corrected chi connectivity index (χ4v) is 0.588. The lowest BCUT2D eigenvalue weighted by molar-refractivity contribution is -0.102. The molecule has 7 heteroatoms. The molecule has 70 valence electrons. The van der Waals surface area contributed by atoms with Gasteiger partial charge in [-0.3, -0.25) is 4.79 Å². The predicted octanol–water partition coefficient (Wildman–Crippen LogP) is -0.409. The topological polar surface area (TPSA) is 104 Å². The van der Waals surface area contributed by atoms with Crippen LogP contribution in [-0.4, -0.2) is 28.7 Å². The Kier molecular flexibility index (Phi) is 2.96. The molecule has 0 aliphatic carbocycles. The fraction of sp³-hybridized carbons (Fsp3) is 0.333. The zero-order valence-electron chi connectivity index (χ0n) is 6.93. The molecule has 1 heterocycles. The number of hydrogen-bond donors (Lipinski definition) is 1. The van der Waals surface area contributed by atoms with Crippen molar-refractivity contribution in [3.63, 3.8) is 0 Å². The van der Waals surface area contributed by atoms with Crippen LogP contribution in [0.15, 0.2) is 9.68 Å². The molecule has 0 bridgehead atoms. The van der Waals surface area contributed by atoms with Crippen LogP contribution in [0.25, 0.3) is 0 Å². The van der Waals surface area contributed by atoms with Gasteiger partial charge in [0, 0.05) is 0 Å². The van der Waals surface area contributed by atoms with E-state index in [2.05, 4.69) is 24.7 Å². The number of anilines is 1. The van der Waals surface area contributed by atoms with E-state index in [0.29, 0.717) is 12.9 Å². The van der Waals surface area contributed by atoms with Gasteiger partial charge < -0.3 is 15.1 Å². The van der Waals surface area contributed by atoms with Crippen molar-refractivity contribution in [1.29, 1.82) is 0 Å². The molecule has 0 saturated carbocycles. The Morgan fingerprint density at radius 2 is 2.62 bits per heavy atom. The first-order valence-electron chi connectivity index (χ1n) is 3.52. The SMILES string of the molecule is CCON=C(C=O)c1noc(N)n1. The largest absolute Gasteiger partial charge is 0.395 e. The molecular weight excluding hydrogens is 176 g/mol. The summed E-state index contributed by atoms with van der Waals surface area (Å²) in [6.45, 7) is 2.08. The summed E-state index contributed by atoms with van der Waals surface area (Å²) in [7, 11) is 0. The first-order valence-corrected chi connectivity index (χ1v) is 3.52. The van der Waals surface area contributed by atoms with Crippen molar-refractivity contribution in [3.05, 3.63) is 5.82 Å². The highest BCUT2D eigenvalue weighted by atomic mass is 16.6. The summed E-state index contributed by atoms with van der Waals surface area (Å²) in [4.78, 5) is 18.7. The standard InChI is InChI=1S/C6H8N4O3/c1-2-12-9-4(3-11)5-8-6(7)13-10-5/h3H,2H2,1H3,(H2,7,8,10). The molecule has 0 unspecified atom stereocenters. The number of aldehydes is 1. The van der Waals surface area contributed by atoms with Crippen molar-refractivity contribution >= 4 is 18.0 Å². The van der Waals surface area contributed by atoms with E-state index in [1.807, 2.05) is 0 Å². The zero-order valence-corrected chi connectivity index (χ0v) is 6.93. The number of nitrogens with two attached hydrogens (primary N) is 1. The van der Waals surface area contributed by atoms with Gasteiger partial charge in [0.1, 0.15) is 6.61 Å². The van der Waals surface area contributed by atoms with Crippen molar-refractivity contribution in [1.82, 2.24) is 10.1 Å². The monoisotopic (exact) mass is 184 g/mol. The quantitative estimate of drug-likeness (QED) is 0.387. The Hall–Kier alpha value is -1.92. The van der Waals surface area contributed by atoms with Crippen molar-refractivity contribution in [2.45, 2.75) is 6.92 Å². The van der Waals surface area contributed by atoms with Crippen molar-refractivity contribution in [2.24, 2.45) is 5.16 Å². The van der Waals surface area contributed by atoms with Gasteiger partial charge in [-0.15, -0.1) is 0 Å². The van der Waals surface area contributed by atoms with E-state index in [0.717, 1.165) is 0 Å². The lowest BCUT2D eigenvalue weighted by Gasteiger charge is -1.91. The maximum absolute atomic E-state index is 10.4. The zero-order chi connectivity index (χ0) is 9.68. The molecule has 2 N–H and O–H groups in total. The first-order chi connectivity index (χ1) is 6.27. The van der Waals surface area contributed by atoms with Gasteiger partial charge in [0.15, 0.2) is 12.0 Å². The van der Waals surface area contributed by atoms with E-state index in [9.17, 15) is 4.79 Å². The number of carbonyl (C=O) groups excluding carboxylic acids is 1. The third-order valence-corrected chi connectivity index (χ3v) is 1.07. The number of nitrogen functional groups attached to an aromatic ring is 1. The Balaban J connectivity index is 2.84. The first kappa shape index (κ1) is 9.17. The molecular formula is C6H8N4O3. The third kappa shape index (κ3) is 2.26. The van der Waals surface area contributed by atoms with Gasteiger partial charge in [-0.05, 0) is 6.92 Å². The molecule has 0 aromatic carbocycles. The van der Waals surface area contributed by atoms with Crippen LogP contribution in [0, 0.1) is 0 Å². The van der Waals surface area contributed by atoms with Gasteiger partial charge in [-0.25, -0.2) is 0 Å². The number of aromatic nitrogens is 2. The Bertz CT molecular complexity index is 319. The molecule has 0 aliphatic rings. The summed E-state index contributed by atoms with van der Waals surface area (Å²) in [5.74, 6) is 0.0148. The maximum atomic E-state index is 10.4. The van der Waals surface area contributed by atoms with Crippen LogP contribution in [0.1, 0.15) is 12.7 Å². The van der Waals surface area contributed by atoms with Crippen molar-refractivity contribution in [2.75, 3.05) is 12.3 Å². The van der Waals surface area contributed by atoms with Gasteiger partial charge in [-0.1, -0.05) is 10.3 Å². The molecule has 1 rings (SSSR count). The minimum atomic E-state index is -0.124. The lowest BCUT2D eigenvalue weighted by atomic mass is 10.4. The van der Waals surface area contributed by atoms with Crippen LogP contribution >= 0.6 is 0 Å². The predicted molar refractivity (Wildman–Crippen MR) is 42.9 cm³/mol. The molecule has 0 spiro atoms. The highest BCUT2D eigenvalue weighted by Crippen LogP contribution is 1.98. The normalized spacial score (nSPS) is 11.3. The van der Waals surface area contributed by atoms with Crippen LogP contribution < -0.4 is 5.73 Å². The average Bonchev–Trinajstić information content (AvgIpc) is 2.54. The minimum Gasteiger partial charge on any atom is -0.395 e. The van der Waals surface area contributed by atoms with Crippen molar-refractivity contribution < 1.29 is 14.2 Å². The van der Waals surface area contributed by atoms with E-state index in [1.54, 1.807) is 6.92 Å². The summed E-state index contributed by atoms with van der Waals surface area (Å²) in [5, 5.41) is 6.84. The van der Waals surface area contributed by atoms with Crippen LogP contribution in [0.4, 0.5) is 6.01 Å². The van der Waals surface area contributed by atoms with Gasteiger partial charge in [0.25, 0.3) is 0 Å². The molecule has 13 heavy (non-hydrogen) atoms. The highest BCUT2D eigenvalue weighted by molar-refractivity contribution is 6.34. The third-order valence-electron chi connectivity index (χ3n) is 1.07. The molecule has 0 fully saturated rings. The lowest BCUT2D eigenvalue weighted by Crippen LogP contribution is -2.06. The highest BCUT2D eigenvalue weighted by Gasteiger charge is 2.10. The van der Waals surface area contributed by atoms with E-state index in [-0.39, 0.29) is 17.6 Å². The van der Waals surface area contributed by atoms with Crippen LogP contribution in [-0.2, 0) is 9.63 Å². The average molecular weight is 184 g/mol. The number of rotatable bonds is 4. The summed E-state index contributed by atoms with van der Waals surface area (Å²) in [5.41, 5.74) is 5.09. The maximum Gasteiger partial charge on any atom is 0.319 e. The number of carbonyl (C=O) groups is 1. The summed E-state index contributed by atoms with van der Waals surface area (Å²) < 4.78 is 4.45. The molecule has 0 radical (unpaired) electrons. The molecule has 0 amide bonds. The van der Waals surface area contributed by atoms with Crippen LogP contribution in [0.3, 0.4) is 0 Å². The molecule has 0 atom stereocenters. The molecule has 1 aromatic rings. The molecule has 0 saturated heterocycles. The minimum absolute atomic E-state index is 0.0148. The van der Waals surface area contributed by atoms with Gasteiger partial charge in [0.05, 0.1) is 0 Å². The second kappa shape index (κ2) is 4.19. The molecule has 7 nitrogen and oxygen atoms in total. The van der Waals surface area contributed by atoms with E-state index in [4.69, 9.17) is 5.73 Å². The fourth-order valence-electron chi connectivity index (χ4n) is 0.588. The summed E-state index contributed by atoms with van der Waals surface area (Å²) in [6, 6.07) is -0.124. The number of hydrogen-bond acceptors (Lipinski definition) is 7. The van der Waals surface area contributed by atoms with Gasteiger partial charge in [-0.2, -0.15) is 4.98 Å². The van der Waals surface area contributed by atoms with E-state index >= 15 is 0 Å². The molecule has 0 aliphatic heterocycles. The van der Waals surface area contributed by atoms with E-state index in [1.165, 1.54) is 0 Å². The smallest absolute Gasteiger partial charge is 0.319 e. The van der Waals surface area contributed by atoms with E-state index < -0.39 is 0 Å². The second-order valence-electron chi connectivity index (χ2n) is 1.97. The van der Waals surface area contributed by atoms with Crippen LogP contribution in [0.2, 0.25) is 0 Å². The Labute approximate surface area is 73.5 Å². The van der Waals surface area contributed by atoms with Gasteiger partial charge in [0.2, 0.25) is 5.82 Å². The van der Waals surface area contributed by atoms with Gasteiger partial charge >= 0.3 is 6.01 Å². The number of oxime groups is 1. The summed E-state index contributed by atoms with van der Waals surface area (Å²) in [6.07, 6.45) is 0.458. The summed E-state index contributed by atoms with van der Waals surface area (Å²) >= 11 is 0.